The smallest absolute Gasteiger partial charge is 0.255 e. The Morgan fingerprint density at radius 3 is 2.68 bits per heavy atom. The average Bonchev–Trinajstić information content (AvgIpc) is 2.55. The summed E-state index contributed by atoms with van der Waals surface area (Å²) in [5.74, 6) is 0.0414. The summed E-state index contributed by atoms with van der Waals surface area (Å²) in [6.45, 7) is 5.76. The van der Waals surface area contributed by atoms with Gasteiger partial charge in [-0.05, 0) is 26.0 Å². The fourth-order valence-electron chi connectivity index (χ4n) is 2.73. The van der Waals surface area contributed by atoms with Crippen LogP contribution in [0.2, 0.25) is 0 Å². The third-order valence-corrected chi connectivity index (χ3v) is 3.91. The molecule has 114 valence electrons. The van der Waals surface area contributed by atoms with Gasteiger partial charge >= 0.3 is 0 Å². The maximum Gasteiger partial charge on any atom is 0.255 e. The molecule has 2 heterocycles. The van der Waals surface area contributed by atoms with Crippen LogP contribution in [0.1, 0.15) is 23.0 Å². The molecule has 2 aromatic rings. The van der Waals surface area contributed by atoms with E-state index in [0.29, 0.717) is 25.3 Å². The second-order valence-electron chi connectivity index (χ2n) is 5.63. The molecule has 22 heavy (non-hydrogen) atoms. The van der Waals surface area contributed by atoms with Crippen molar-refractivity contribution in [1.29, 1.82) is 0 Å². The largest absolute Gasteiger partial charge is 0.375 e. The Labute approximate surface area is 130 Å². The number of carbonyl (C=O) groups excluding carboxylic acids is 1. The summed E-state index contributed by atoms with van der Waals surface area (Å²) in [5, 5.41) is 0. The molecule has 0 radical (unpaired) electrons. The highest BCUT2D eigenvalue weighted by molar-refractivity contribution is 5.95. The number of benzene rings is 1. The number of amides is 1. The molecule has 1 amide bonds. The molecule has 1 atom stereocenters. The van der Waals surface area contributed by atoms with Crippen molar-refractivity contribution in [2.45, 2.75) is 20.0 Å². The highest BCUT2D eigenvalue weighted by Crippen LogP contribution is 2.20. The highest BCUT2D eigenvalue weighted by atomic mass is 16.5. The van der Waals surface area contributed by atoms with Crippen molar-refractivity contribution < 1.29 is 9.53 Å². The van der Waals surface area contributed by atoms with Gasteiger partial charge in [0.2, 0.25) is 0 Å². The molecule has 0 bridgehead atoms. The number of ether oxygens (including phenoxy) is 1. The lowest BCUT2D eigenvalue weighted by atomic mass is 10.1. The number of carbonyl (C=O) groups is 1. The molecule has 4 heteroatoms. The number of rotatable bonds is 2. The maximum absolute atomic E-state index is 12.6. The fraction of sp³-hybridized carbons (Fsp3) is 0.333. The number of hydrogen-bond donors (Lipinski definition) is 0. The zero-order valence-electron chi connectivity index (χ0n) is 13.0. The van der Waals surface area contributed by atoms with Crippen LogP contribution in [0.4, 0.5) is 0 Å². The van der Waals surface area contributed by atoms with Gasteiger partial charge in [-0.15, -0.1) is 0 Å². The van der Waals surface area contributed by atoms with E-state index in [2.05, 4.69) is 4.98 Å². The van der Waals surface area contributed by atoms with E-state index in [1.165, 1.54) is 0 Å². The third-order valence-electron chi connectivity index (χ3n) is 3.91. The maximum atomic E-state index is 12.6. The van der Waals surface area contributed by atoms with Gasteiger partial charge in [-0.1, -0.05) is 30.3 Å². The van der Waals surface area contributed by atoms with Crippen LogP contribution < -0.4 is 0 Å². The van der Waals surface area contributed by atoms with Crippen LogP contribution in [0.5, 0.6) is 0 Å². The van der Waals surface area contributed by atoms with Gasteiger partial charge in [0.05, 0.1) is 29.7 Å². The van der Waals surface area contributed by atoms with Gasteiger partial charge < -0.3 is 9.64 Å². The molecule has 1 aliphatic rings. The van der Waals surface area contributed by atoms with Gasteiger partial charge in [0.25, 0.3) is 5.91 Å². The number of pyridine rings is 1. The Hall–Kier alpha value is -2.20. The van der Waals surface area contributed by atoms with Crippen LogP contribution in [0.3, 0.4) is 0 Å². The Bertz CT molecular complexity index is 670. The molecule has 0 saturated carbocycles. The van der Waals surface area contributed by atoms with Gasteiger partial charge in [0.1, 0.15) is 0 Å². The molecule has 0 aliphatic carbocycles. The first-order valence-electron chi connectivity index (χ1n) is 7.59. The highest BCUT2D eigenvalue weighted by Gasteiger charge is 2.24. The molecular formula is C18H20N2O2. The molecule has 1 aliphatic heterocycles. The van der Waals surface area contributed by atoms with Crippen LogP contribution in [-0.4, -0.2) is 41.6 Å². The molecule has 0 N–H and O–H groups in total. The molecule has 4 nitrogen and oxygen atoms in total. The van der Waals surface area contributed by atoms with Gasteiger partial charge in [-0.25, -0.2) is 0 Å². The van der Waals surface area contributed by atoms with E-state index in [1.807, 2.05) is 61.2 Å². The lowest BCUT2D eigenvalue weighted by Gasteiger charge is -2.31. The van der Waals surface area contributed by atoms with Crippen molar-refractivity contribution in [3.05, 3.63) is 53.7 Å². The van der Waals surface area contributed by atoms with Crippen LogP contribution in [0, 0.1) is 6.92 Å². The van der Waals surface area contributed by atoms with Crippen LogP contribution in [-0.2, 0) is 4.74 Å². The lowest BCUT2D eigenvalue weighted by molar-refractivity contribution is -0.0124. The van der Waals surface area contributed by atoms with Crippen molar-refractivity contribution in [3.63, 3.8) is 0 Å². The first kappa shape index (κ1) is 14.7. The number of morpholine rings is 1. The summed E-state index contributed by atoms with van der Waals surface area (Å²) in [7, 11) is 0. The fourth-order valence-corrected chi connectivity index (χ4v) is 2.73. The van der Waals surface area contributed by atoms with Crippen molar-refractivity contribution in [2.75, 3.05) is 19.7 Å². The second kappa shape index (κ2) is 6.28. The molecule has 1 saturated heterocycles. The summed E-state index contributed by atoms with van der Waals surface area (Å²) in [5.41, 5.74) is 3.40. The summed E-state index contributed by atoms with van der Waals surface area (Å²) < 4.78 is 5.49. The van der Waals surface area contributed by atoms with Crippen LogP contribution in [0.15, 0.2) is 42.5 Å². The molecular weight excluding hydrogens is 276 g/mol. The zero-order chi connectivity index (χ0) is 15.5. The van der Waals surface area contributed by atoms with Crippen molar-refractivity contribution in [3.8, 4) is 11.3 Å². The first-order chi connectivity index (χ1) is 10.6. The van der Waals surface area contributed by atoms with Gasteiger partial charge in [0.15, 0.2) is 0 Å². The van der Waals surface area contributed by atoms with E-state index in [-0.39, 0.29) is 12.0 Å². The molecule has 1 fully saturated rings. The van der Waals surface area contributed by atoms with Gasteiger partial charge in [-0.3, -0.25) is 9.78 Å². The van der Waals surface area contributed by atoms with Crippen LogP contribution in [0.25, 0.3) is 11.3 Å². The minimum atomic E-state index is 0.0414. The average molecular weight is 296 g/mol. The van der Waals surface area contributed by atoms with E-state index in [0.717, 1.165) is 17.0 Å². The minimum Gasteiger partial charge on any atom is -0.375 e. The molecule has 3 rings (SSSR count). The molecule has 1 aromatic carbocycles. The summed E-state index contributed by atoms with van der Waals surface area (Å²) >= 11 is 0. The van der Waals surface area contributed by atoms with E-state index in [9.17, 15) is 4.79 Å². The number of aromatic nitrogens is 1. The zero-order valence-corrected chi connectivity index (χ0v) is 13.0. The molecule has 1 unspecified atom stereocenters. The normalized spacial score (nSPS) is 18.3. The lowest BCUT2D eigenvalue weighted by Crippen LogP contribution is -2.44. The number of nitrogens with zero attached hydrogens (tertiary/aromatic N) is 2. The predicted molar refractivity (Wildman–Crippen MR) is 85.7 cm³/mol. The second-order valence-corrected chi connectivity index (χ2v) is 5.63. The van der Waals surface area contributed by atoms with Gasteiger partial charge in [-0.2, -0.15) is 0 Å². The van der Waals surface area contributed by atoms with Crippen molar-refractivity contribution in [2.24, 2.45) is 0 Å². The standard InChI is InChI=1S/C18H20N2O2/c1-13-12-20(10-11-22-13)18(21)16-8-9-17(19-14(16)2)15-6-4-3-5-7-15/h3-9,13H,10-12H2,1-2H3. The SMILES string of the molecule is Cc1nc(-c2ccccc2)ccc1C(=O)N1CCOC(C)C1. The molecule has 0 spiro atoms. The summed E-state index contributed by atoms with van der Waals surface area (Å²) in [6.07, 6.45) is 0.0922. The topological polar surface area (TPSA) is 42.4 Å². The summed E-state index contributed by atoms with van der Waals surface area (Å²) in [4.78, 5) is 19.1. The van der Waals surface area contributed by atoms with E-state index in [4.69, 9.17) is 4.74 Å². The van der Waals surface area contributed by atoms with Crippen LogP contribution >= 0.6 is 0 Å². The van der Waals surface area contributed by atoms with Crippen molar-refractivity contribution in [1.82, 2.24) is 9.88 Å². The van der Waals surface area contributed by atoms with E-state index in [1.54, 1.807) is 0 Å². The predicted octanol–water partition coefficient (Wildman–Crippen LogP) is 2.92. The number of aryl methyl sites for hydroxylation is 1. The van der Waals surface area contributed by atoms with E-state index < -0.39 is 0 Å². The number of hydrogen-bond acceptors (Lipinski definition) is 3. The summed E-state index contributed by atoms with van der Waals surface area (Å²) in [6, 6.07) is 13.8. The molecule has 1 aromatic heterocycles. The Kier molecular flexibility index (Phi) is 4.20. The van der Waals surface area contributed by atoms with E-state index >= 15 is 0 Å². The first-order valence-corrected chi connectivity index (χ1v) is 7.59. The van der Waals surface area contributed by atoms with Crippen molar-refractivity contribution >= 4 is 5.91 Å². The third kappa shape index (κ3) is 3.02. The minimum absolute atomic E-state index is 0.0414. The Morgan fingerprint density at radius 2 is 2.00 bits per heavy atom. The monoisotopic (exact) mass is 296 g/mol. The Balaban J connectivity index is 1.84. The van der Waals surface area contributed by atoms with Gasteiger partial charge in [0, 0.05) is 18.7 Å². The quantitative estimate of drug-likeness (QED) is 0.855. The Morgan fingerprint density at radius 1 is 1.23 bits per heavy atom.